The maximum absolute atomic E-state index is 13.7. The zero-order chi connectivity index (χ0) is 14.8. The first-order valence-corrected chi connectivity index (χ1v) is 7.70. The Morgan fingerprint density at radius 2 is 2.10 bits per heavy atom. The molecule has 2 N–H and O–H groups in total. The average Bonchev–Trinajstić information content (AvgIpc) is 2.56. The summed E-state index contributed by atoms with van der Waals surface area (Å²) in [6, 6.07) is 5.11. The van der Waals surface area contributed by atoms with Crippen LogP contribution in [0.4, 0.5) is 4.39 Å². The molecule has 20 heavy (non-hydrogen) atoms. The standard InChI is InChI=1S/C16H24ClFN2/c1-16(2)6-3-8-20(9-7-16)15(11-19)12-4-5-13(17)14(18)10-12/h4-5,10,15H,3,6-9,11,19H2,1-2H3. The van der Waals surface area contributed by atoms with Crippen LogP contribution in [0.25, 0.3) is 0 Å². The number of rotatable bonds is 3. The molecule has 1 aliphatic rings. The molecule has 0 saturated carbocycles. The van der Waals surface area contributed by atoms with Crippen LogP contribution in [-0.4, -0.2) is 24.5 Å². The number of hydrogen-bond donors (Lipinski definition) is 1. The van der Waals surface area contributed by atoms with E-state index in [4.69, 9.17) is 17.3 Å². The van der Waals surface area contributed by atoms with Gasteiger partial charge in [-0.15, -0.1) is 0 Å². The summed E-state index contributed by atoms with van der Waals surface area (Å²) in [7, 11) is 0. The van der Waals surface area contributed by atoms with Gasteiger partial charge in [-0.3, -0.25) is 4.90 Å². The van der Waals surface area contributed by atoms with E-state index in [2.05, 4.69) is 18.7 Å². The maximum Gasteiger partial charge on any atom is 0.142 e. The van der Waals surface area contributed by atoms with Crippen molar-refractivity contribution in [2.75, 3.05) is 19.6 Å². The summed E-state index contributed by atoms with van der Waals surface area (Å²) in [5.41, 5.74) is 7.26. The van der Waals surface area contributed by atoms with E-state index in [1.165, 1.54) is 18.9 Å². The molecule has 1 saturated heterocycles. The minimum Gasteiger partial charge on any atom is -0.329 e. The molecule has 1 unspecified atom stereocenters. The number of nitrogens with two attached hydrogens (primary N) is 1. The van der Waals surface area contributed by atoms with Crippen molar-refractivity contribution >= 4 is 11.6 Å². The number of likely N-dealkylation sites (tertiary alicyclic amines) is 1. The van der Waals surface area contributed by atoms with E-state index in [1.807, 2.05) is 6.07 Å². The molecule has 1 aromatic rings. The minimum absolute atomic E-state index is 0.0793. The zero-order valence-corrected chi connectivity index (χ0v) is 13.1. The van der Waals surface area contributed by atoms with Gasteiger partial charge < -0.3 is 5.73 Å². The number of benzene rings is 1. The van der Waals surface area contributed by atoms with Gasteiger partial charge in [-0.2, -0.15) is 0 Å². The van der Waals surface area contributed by atoms with Crippen molar-refractivity contribution in [3.05, 3.63) is 34.6 Å². The van der Waals surface area contributed by atoms with Gasteiger partial charge in [0.1, 0.15) is 5.82 Å². The molecule has 0 bridgehead atoms. The Bertz CT molecular complexity index is 462. The molecular formula is C16H24ClFN2. The smallest absolute Gasteiger partial charge is 0.142 e. The summed E-state index contributed by atoms with van der Waals surface area (Å²) in [5.74, 6) is -0.363. The van der Waals surface area contributed by atoms with Crippen molar-refractivity contribution in [2.45, 2.75) is 39.2 Å². The molecule has 4 heteroatoms. The SMILES string of the molecule is CC1(C)CCCN(C(CN)c2ccc(Cl)c(F)c2)CC1. The summed E-state index contributed by atoms with van der Waals surface area (Å²) in [6.45, 7) is 7.17. The summed E-state index contributed by atoms with van der Waals surface area (Å²) >= 11 is 5.76. The van der Waals surface area contributed by atoms with Crippen LogP contribution in [0.3, 0.4) is 0 Å². The fraction of sp³-hybridized carbons (Fsp3) is 0.625. The first-order valence-electron chi connectivity index (χ1n) is 7.32. The van der Waals surface area contributed by atoms with E-state index in [0.717, 1.165) is 25.1 Å². The second kappa shape index (κ2) is 6.42. The van der Waals surface area contributed by atoms with Crippen LogP contribution < -0.4 is 5.73 Å². The van der Waals surface area contributed by atoms with Crippen molar-refractivity contribution in [3.63, 3.8) is 0 Å². The quantitative estimate of drug-likeness (QED) is 0.914. The molecule has 1 aliphatic heterocycles. The fourth-order valence-corrected chi connectivity index (χ4v) is 3.09. The van der Waals surface area contributed by atoms with E-state index in [0.29, 0.717) is 12.0 Å². The Hall–Kier alpha value is -0.640. The van der Waals surface area contributed by atoms with Crippen molar-refractivity contribution in [1.82, 2.24) is 4.90 Å². The van der Waals surface area contributed by atoms with Gasteiger partial charge >= 0.3 is 0 Å². The lowest BCUT2D eigenvalue weighted by Crippen LogP contribution is -2.35. The maximum atomic E-state index is 13.7. The highest BCUT2D eigenvalue weighted by atomic mass is 35.5. The third-order valence-corrected chi connectivity index (χ3v) is 4.67. The Labute approximate surface area is 126 Å². The molecule has 0 aromatic heterocycles. The molecule has 1 fully saturated rings. The van der Waals surface area contributed by atoms with Gasteiger partial charge in [0.15, 0.2) is 0 Å². The van der Waals surface area contributed by atoms with Crippen molar-refractivity contribution in [3.8, 4) is 0 Å². The Kier molecular flexibility index (Phi) is 5.05. The number of halogens is 2. The van der Waals surface area contributed by atoms with Gasteiger partial charge in [-0.1, -0.05) is 31.5 Å². The van der Waals surface area contributed by atoms with E-state index < -0.39 is 0 Å². The lowest BCUT2D eigenvalue weighted by Gasteiger charge is -2.31. The Balaban J connectivity index is 2.17. The second-order valence-corrected chi connectivity index (χ2v) is 6.89. The lowest BCUT2D eigenvalue weighted by molar-refractivity contribution is 0.199. The average molecular weight is 299 g/mol. The van der Waals surface area contributed by atoms with E-state index >= 15 is 0 Å². The molecule has 0 amide bonds. The van der Waals surface area contributed by atoms with Crippen LogP contribution >= 0.6 is 11.6 Å². The summed E-state index contributed by atoms with van der Waals surface area (Å²) in [6.07, 6.45) is 3.55. The van der Waals surface area contributed by atoms with Gasteiger partial charge in [0.25, 0.3) is 0 Å². The van der Waals surface area contributed by atoms with Gasteiger partial charge in [-0.25, -0.2) is 4.39 Å². The number of nitrogens with zero attached hydrogens (tertiary/aromatic N) is 1. The largest absolute Gasteiger partial charge is 0.329 e. The highest BCUT2D eigenvalue weighted by molar-refractivity contribution is 6.30. The molecule has 1 atom stereocenters. The zero-order valence-electron chi connectivity index (χ0n) is 12.3. The van der Waals surface area contributed by atoms with Crippen LogP contribution in [0.5, 0.6) is 0 Å². The van der Waals surface area contributed by atoms with Crippen LogP contribution in [-0.2, 0) is 0 Å². The molecule has 112 valence electrons. The predicted molar refractivity (Wildman–Crippen MR) is 82.4 cm³/mol. The molecule has 2 nitrogen and oxygen atoms in total. The monoisotopic (exact) mass is 298 g/mol. The van der Waals surface area contributed by atoms with Crippen molar-refractivity contribution < 1.29 is 4.39 Å². The van der Waals surface area contributed by atoms with Crippen molar-refractivity contribution in [1.29, 1.82) is 0 Å². The lowest BCUT2D eigenvalue weighted by atomic mass is 9.85. The summed E-state index contributed by atoms with van der Waals surface area (Å²) < 4.78 is 13.7. The first kappa shape index (κ1) is 15.7. The molecule has 2 rings (SSSR count). The normalized spacial score (nSPS) is 21.4. The van der Waals surface area contributed by atoms with Crippen LogP contribution in [0.2, 0.25) is 5.02 Å². The molecular weight excluding hydrogens is 275 g/mol. The highest BCUT2D eigenvalue weighted by Crippen LogP contribution is 2.33. The number of hydrogen-bond acceptors (Lipinski definition) is 2. The van der Waals surface area contributed by atoms with Gasteiger partial charge in [-0.05, 0) is 55.5 Å². The minimum atomic E-state index is -0.363. The summed E-state index contributed by atoms with van der Waals surface area (Å²) in [5, 5.41) is 0.168. The topological polar surface area (TPSA) is 29.3 Å². The van der Waals surface area contributed by atoms with E-state index in [-0.39, 0.29) is 16.9 Å². The van der Waals surface area contributed by atoms with Crippen LogP contribution in [0.1, 0.15) is 44.7 Å². The molecule has 1 heterocycles. The second-order valence-electron chi connectivity index (χ2n) is 6.48. The Morgan fingerprint density at radius 3 is 2.75 bits per heavy atom. The highest BCUT2D eigenvalue weighted by Gasteiger charge is 2.27. The van der Waals surface area contributed by atoms with Gasteiger partial charge in [0.2, 0.25) is 0 Å². The molecule has 0 spiro atoms. The third kappa shape index (κ3) is 3.72. The summed E-state index contributed by atoms with van der Waals surface area (Å²) in [4.78, 5) is 2.39. The van der Waals surface area contributed by atoms with E-state index in [1.54, 1.807) is 6.07 Å². The van der Waals surface area contributed by atoms with Gasteiger partial charge in [0, 0.05) is 12.6 Å². The molecule has 0 aliphatic carbocycles. The fourth-order valence-electron chi connectivity index (χ4n) is 2.97. The Morgan fingerprint density at radius 1 is 1.35 bits per heavy atom. The first-order chi connectivity index (χ1) is 9.43. The van der Waals surface area contributed by atoms with Crippen LogP contribution in [0.15, 0.2) is 18.2 Å². The molecule has 0 radical (unpaired) electrons. The van der Waals surface area contributed by atoms with E-state index in [9.17, 15) is 4.39 Å². The van der Waals surface area contributed by atoms with Gasteiger partial charge in [0.05, 0.1) is 5.02 Å². The van der Waals surface area contributed by atoms with Crippen molar-refractivity contribution in [2.24, 2.45) is 11.1 Å². The predicted octanol–water partition coefficient (Wildman–Crippen LogP) is 3.99. The van der Waals surface area contributed by atoms with Crippen LogP contribution in [0, 0.1) is 11.2 Å². The third-order valence-electron chi connectivity index (χ3n) is 4.37. The molecule has 1 aromatic carbocycles.